The lowest BCUT2D eigenvalue weighted by molar-refractivity contribution is 0.0697. The fourth-order valence-corrected chi connectivity index (χ4v) is 2.69. The molecular weight excluding hydrogens is 305 g/mol. The number of aliphatic hydroxyl groups is 1. The van der Waals surface area contributed by atoms with Gasteiger partial charge in [-0.1, -0.05) is 23.2 Å². The predicted molar refractivity (Wildman–Crippen MR) is 76.9 cm³/mol. The number of hydrogen-bond donors (Lipinski definition) is 2. The number of rotatable bonds is 4. The minimum Gasteiger partial charge on any atom is -0.478 e. The Morgan fingerprint density at radius 3 is 2.60 bits per heavy atom. The number of aromatic carboxylic acids is 1. The fourth-order valence-electron chi connectivity index (χ4n) is 2.02. The summed E-state index contributed by atoms with van der Waals surface area (Å²) in [5, 5.41) is 18.4. The smallest absolute Gasteiger partial charge is 0.338 e. The normalized spacial score (nSPS) is 10.9. The number of aryl methyl sites for hydroxylation is 1. The van der Waals surface area contributed by atoms with E-state index < -0.39 is 5.97 Å². The molecule has 7 heteroatoms. The molecule has 1 aromatic heterocycles. The van der Waals surface area contributed by atoms with Crippen molar-refractivity contribution in [1.82, 2.24) is 4.57 Å². The molecule has 0 bridgehead atoms. The van der Waals surface area contributed by atoms with Crippen molar-refractivity contribution in [3.63, 3.8) is 0 Å². The van der Waals surface area contributed by atoms with Crippen molar-refractivity contribution in [2.45, 2.75) is 13.0 Å². The van der Waals surface area contributed by atoms with Crippen molar-refractivity contribution in [1.29, 1.82) is 0 Å². The first-order chi connectivity index (χ1) is 9.47. The lowest BCUT2D eigenvalue weighted by atomic mass is 10.1. The van der Waals surface area contributed by atoms with E-state index in [0.717, 1.165) is 0 Å². The van der Waals surface area contributed by atoms with Crippen molar-refractivity contribution >= 4 is 40.1 Å². The van der Waals surface area contributed by atoms with E-state index in [-0.39, 0.29) is 27.8 Å². The highest BCUT2D eigenvalue weighted by Gasteiger charge is 2.18. The minimum absolute atomic E-state index is 0.00208. The van der Waals surface area contributed by atoms with Gasteiger partial charge in [-0.05, 0) is 18.6 Å². The third kappa shape index (κ3) is 2.52. The number of benzene rings is 1. The summed E-state index contributed by atoms with van der Waals surface area (Å²) in [4.78, 5) is 23.0. The molecule has 0 saturated heterocycles. The predicted octanol–water partition coefficient (Wildman–Crippen LogP) is 2.39. The number of fused-ring (bicyclic) bond motifs is 1. The molecule has 20 heavy (non-hydrogen) atoms. The van der Waals surface area contributed by atoms with Crippen molar-refractivity contribution in [3.8, 4) is 0 Å². The Hall–Kier alpha value is -1.56. The van der Waals surface area contributed by atoms with Crippen molar-refractivity contribution in [3.05, 3.63) is 44.2 Å². The van der Waals surface area contributed by atoms with E-state index >= 15 is 0 Å². The van der Waals surface area contributed by atoms with E-state index in [4.69, 9.17) is 33.4 Å². The van der Waals surface area contributed by atoms with Gasteiger partial charge in [0.05, 0.1) is 21.1 Å². The highest BCUT2D eigenvalue weighted by Crippen LogP contribution is 2.32. The second-order valence-corrected chi connectivity index (χ2v) is 4.97. The van der Waals surface area contributed by atoms with Crippen LogP contribution in [0.25, 0.3) is 10.9 Å². The maximum Gasteiger partial charge on any atom is 0.338 e. The molecule has 2 N–H and O–H groups in total. The first-order valence-electron chi connectivity index (χ1n) is 5.83. The van der Waals surface area contributed by atoms with Crippen LogP contribution in [0.1, 0.15) is 16.8 Å². The van der Waals surface area contributed by atoms with E-state index in [1.165, 1.54) is 22.8 Å². The number of aliphatic hydroxyl groups excluding tert-OH is 1. The molecule has 0 aliphatic carbocycles. The van der Waals surface area contributed by atoms with Crippen molar-refractivity contribution < 1.29 is 15.0 Å². The molecule has 0 aliphatic heterocycles. The van der Waals surface area contributed by atoms with Crippen LogP contribution in [-0.2, 0) is 6.54 Å². The van der Waals surface area contributed by atoms with Crippen LogP contribution in [0.15, 0.2) is 23.0 Å². The van der Waals surface area contributed by atoms with Crippen LogP contribution in [0.3, 0.4) is 0 Å². The van der Waals surface area contributed by atoms with Gasteiger partial charge < -0.3 is 14.8 Å². The van der Waals surface area contributed by atoms with Gasteiger partial charge in [0.25, 0.3) is 5.56 Å². The summed E-state index contributed by atoms with van der Waals surface area (Å²) in [6.07, 6.45) is 0.398. The summed E-state index contributed by atoms with van der Waals surface area (Å²) in [5.41, 5.74) is 0.000277. The van der Waals surface area contributed by atoms with Crippen LogP contribution in [0.2, 0.25) is 10.0 Å². The van der Waals surface area contributed by atoms with Gasteiger partial charge in [-0.3, -0.25) is 4.79 Å². The molecule has 2 aromatic rings. The van der Waals surface area contributed by atoms with E-state index in [2.05, 4.69) is 0 Å². The Kier molecular flexibility index (Phi) is 4.32. The molecule has 0 unspecified atom stereocenters. The average molecular weight is 316 g/mol. The highest BCUT2D eigenvalue weighted by molar-refractivity contribution is 6.42. The van der Waals surface area contributed by atoms with Crippen LogP contribution >= 0.6 is 23.2 Å². The van der Waals surface area contributed by atoms with E-state index in [0.29, 0.717) is 23.9 Å². The fraction of sp³-hybridized carbons (Fsp3) is 0.231. The number of pyridine rings is 1. The first kappa shape index (κ1) is 14.8. The Morgan fingerprint density at radius 2 is 2.00 bits per heavy atom. The zero-order chi connectivity index (χ0) is 14.9. The molecule has 1 aromatic carbocycles. The molecular formula is C13H11Cl2NO4. The molecule has 5 nitrogen and oxygen atoms in total. The molecule has 106 valence electrons. The number of carbonyl (C=O) groups is 1. The number of carboxylic acid groups (broad SMARTS) is 1. The maximum atomic E-state index is 11.9. The quantitative estimate of drug-likeness (QED) is 0.908. The number of hydrogen-bond acceptors (Lipinski definition) is 3. The molecule has 1 heterocycles. The number of aromatic nitrogens is 1. The zero-order valence-corrected chi connectivity index (χ0v) is 11.8. The molecule has 0 saturated carbocycles. The van der Waals surface area contributed by atoms with Crippen molar-refractivity contribution in [2.24, 2.45) is 0 Å². The molecule has 0 fully saturated rings. The first-order valence-corrected chi connectivity index (χ1v) is 6.58. The van der Waals surface area contributed by atoms with Crippen LogP contribution in [0.5, 0.6) is 0 Å². The lowest BCUT2D eigenvalue weighted by Crippen LogP contribution is -2.20. The molecule has 0 aliphatic rings. The largest absolute Gasteiger partial charge is 0.478 e. The summed E-state index contributed by atoms with van der Waals surface area (Å²) in [6, 6.07) is 4.19. The van der Waals surface area contributed by atoms with E-state index in [1.54, 1.807) is 0 Å². The molecule has 0 radical (unpaired) electrons. The van der Waals surface area contributed by atoms with Crippen molar-refractivity contribution in [2.75, 3.05) is 6.61 Å². The van der Waals surface area contributed by atoms with Crippen LogP contribution in [0, 0.1) is 0 Å². The Balaban J connectivity index is 2.80. The number of halogens is 2. The highest BCUT2D eigenvalue weighted by atomic mass is 35.5. The summed E-state index contributed by atoms with van der Waals surface area (Å²) < 4.78 is 1.41. The summed E-state index contributed by atoms with van der Waals surface area (Å²) >= 11 is 12.0. The standard InChI is InChI=1S/C13H11Cl2NO4/c14-8-6-9-7(12(15)11(8)13(19)20)2-3-10(18)16(9)4-1-5-17/h2-3,6,17H,1,4-5H2,(H,19,20). The summed E-state index contributed by atoms with van der Waals surface area (Å²) in [6.45, 7) is 0.239. The SMILES string of the molecule is O=C(O)c1c(Cl)cc2c(ccc(=O)n2CCCO)c1Cl. The van der Waals surface area contributed by atoms with Crippen LogP contribution in [-0.4, -0.2) is 27.4 Å². The number of carboxylic acids is 1. The van der Waals surface area contributed by atoms with Gasteiger partial charge in [0, 0.05) is 24.6 Å². The van der Waals surface area contributed by atoms with Crippen LogP contribution < -0.4 is 5.56 Å². The van der Waals surface area contributed by atoms with Crippen LogP contribution in [0.4, 0.5) is 0 Å². The van der Waals surface area contributed by atoms with Gasteiger partial charge in [-0.15, -0.1) is 0 Å². The van der Waals surface area contributed by atoms with Gasteiger partial charge in [0.15, 0.2) is 0 Å². The summed E-state index contributed by atoms with van der Waals surface area (Å²) in [7, 11) is 0. The lowest BCUT2D eigenvalue weighted by Gasteiger charge is -2.12. The second kappa shape index (κ2) is 5.83. The third-order valence-electron chi connectivity index (χ3n) is 2.94. The number of nitrogens with zero attached hydrogens (tertiary/aromatic N) is 1. The Morgan fingerprint density at radius 1 is 1.30 bits per heavy atom. The van der Waals surface area contributed by atoms with Gasteiger partial charge >= 0.3 is 5.97 Å². The second-order valence-electron chi connectivity index (χ2n) is 4.19. The van der Waals surface area contributed by atoms with Gasteiger partial charge in [0.2, 0.25) is 0 Å². The molecule has 0 amide bonds. The van der Waals surface area contributed by atoms with Gasteiger partial charge in [0.1, 0.15) is 0 Å². The topological polar surface area (TPSA) is 79.5 Å². The maximum absolute atomic E-state index is 11.9. The third-order valence-corrected chi connectivity index (χ3v) is 3.63. The molecule has 0 spiro atoms. The summed E-state index contributed by atoms with van der Waals surface area (Å²) in [5.74, 6) is -1.23. The molecule has 2 rings (SSSR count). The Labute approximate surface area is 124 Å². The molecule has 0 atom stereocenters. The van der Waals surface area contributed by atoms with E-state index in [9.17, 15) is 9.59 Å². The van der Waals surface area contributed by atoms with Gasteiger partial charge in [-0.25, -0.2) is 4.79 Å². The van der Waals surface area contributed by atoms with Gasteiger partial charge in [-0.2, -0.15) is 0 Å². The minimum atomic E-state index is -1.23. The Bertz CT molecular complexity index is 739. The average Bonchev–Trinajstić information content (AvgIpc) is 2.37. The van der Waals surface area contributed by atoms with E-state index in [1.807, 2.05) is 0 Å². The monoisotopic (exact) mass is 315 g/mol. The zero-order valence-electron chi connectivity index (χ0n) is 10.3.